The molecule has 2 aromatic carbocycles. The molecule has 0 aliphatic carbocycles. The van der Waals surface area contributed by atoms with E-state index in [-0.39, 0.29) is 17.5 Å². The van der Waals surface area contributed by atoms with E-state index in [1.54, 1.807) is 12.1 Å². The first-order chi connectivity index (χ1) is 10.9. The summed E-state index contributed by atoms with van der Waals surface area (Å²) in [5.74, 6) is -1.14. The minimum absolute atomic E-state index is 0.204. The average molecular weight is 355 g/mol. The Balaban J connectivity index is 2.12. The van der Waals surface area contributed by atoms with Crippen molar-refractivity contribution < 1.29 is 14.0 Å². The number of nitrogens with zero attached hydrogens (tertiary/aromatic N) is 1. The van der Waals surface area contributed by atoms with Crippen molar-refractivity contribution in [1.82, 2.24) is 0 Å². The number of amides is 2. The molecule has 1 N–H and O–H groups in total. The number of nitrogens with one attached hydrogen (secondary N) is 1. The van der Waals surface area contributed by atoms with Crippen molar-refractivity contribution in [3.63, 3.8) is 0 Å². The molecule has 0 heterocycles. The van der Waals surface area contributed by atoms with Crippen molar-refractivity contribution in [2.75, 3.05) is 16.8 Å². The number of rotatable bonds is 4. The third kappa shape index (κ3) is 4.68. The maximum atomic E-state index is 12.8. The molecule has 7 heteroatoms. The molecule has 0 radical (unpaired) electrons. The SMILES string of the molecule is CC(=O)N(CC(=O)Nc1ccc(F)cc1)c1ccc(Cl)c(Cl)c1. The number of hydrogen-bond acceptors (Lipinski definition) is 2. The van der Waals surface area contributed by atoms with Gasteiger partial charge in [0, 0.05) is 18.3 Å². The van der Waals surface area contributed by atoms with Crippen LogP contribution in [0.25, 0.3) is 0 Å². The van der Waals surface area contributed by atoms with E-state index in [2.05, 4.69) is 5.32 Å². The number of anilines is 2. The van der Waals surface area contributed by atoms with Gasteiger partial charge >= 0.3 is 0 Å². The number of halogens is 3. The van der Waals surface area contributed by atoms with Crippen molar-refractivity contribution in [3.05, 3.63) is 58.3 Å². The normalized spacial score (nSPS) is 10.3. The second-order valence-corrected chi connectivity index (χ2v) is 5.57. The zero-order chi connectivity index (χ0) is 17.0. The Kier molecular flexibility index (Phi) is 5.58. The molecule has 2 rings (SSSR count). The summed E-state index contributed by atoms with van der Waals surface area (Å²) in [7, 11) is 0. The predicted molar refractivity (Wildman–Crippen MR) is 89.5 cm³/mol. The molecule has 0 saturated carbocycles. The van der Waals surface area contributed by atoms with Gasteiger partial charge in [-0.2, -0.15) is 0 Å². The molecule has 0 unspecified atom stereocenters. The lowest BCUT2D eigenvalue weighted by atomic mass is 10.2. The number of carbonyl (C=O) groups excluding carboxylic acids is 2. The Morgan fingerprint density at radius 3 is 2.30 bits per heavy atom. The summed E-state index contributed by atoms with van der Waals surface area (Å²) >= 11 is 11.8. The van der Waals surface area contributed by atoms with Crippen LogP contribution >= 0.6 is 23.2 Å². The Bertz CT molecular complexity index is 735. The van der Waals surface area contributed by atoms with Gasteiger partial charge in [0.15, 0.2) is 0 Å². The molecule has 0 aliphatic rings. The van der Waals surface area contributed by atoms with Crippen LogP contribution in [0.2, 0.25) is 10.0 Å². The van der Waals surface area contributed by atoms with Gasteiger partial charge in [-0.15, -0.1) is 0 Å². The molecule has 4 nitrogen and oxygen atoms in total. The lowest BCUT2D eigenvalue weighted by Gasteiger charge is -2.21. The first kappa shape index (κ1) is 17.2. The number of benzene rings is 2. The van der Waals surface area contributed by atoms with Crippen molar-refractivity contribution in [3.8, 4) is 0 Å². The van der Waals surface area contributed by atoms with E-state index in [0.29, 0.717) is 16.4 Å². The summed E-state index contributed by atoms with van der Waals surface area (Å²) in [4.78, 5) is 25.1. The molecule has 23 heavy (non-hydrogen) atoms. The zero-order valence-electron chi connectivity index (χ0n) is 12.1. The summed E-state index contributed by atoms with van der Waals surface area (Å²) < 4.78 is 12.8. The molecule has 0 aliphatic heterocycles. The fourth-order valence-corrected chi connectivity index (χ4v) is 2.21. The first-order valence-electron chi connectivity index (χ1n) is 6.65. The van der Waals surface area contributed by atoms with E-state index in [9.17, 15) is 14.0 Å². The van der Waals surface area contributed by atoms with Gasteiger partial charge in [-0.25, -0.2) is 4.39 Å². The molecule has 2 aromatic rings. The quantitative estimate of drug-likeness (QED) is 0.897. The number of carbonyl (C=O) groups is 2. The van der Waals surface area contributed by atoms with Crippen LogP contribution in [0, 0.1) is 5.82 Å². The summed E-state index contributed by atoms with van der Waals surface area (Å²) in [6.07, 6.45) is 0. The average Bonchev–Trinajstić information content (AvgIpc) is 2.50. The largest absolute Gasteiger partial charge is 0.325 e. The highest BCUT2D eigenvalue weighted by atomic mass is 35.5. The second kappa shape index (κ2) is 7.44. The molecule has 0 fully saturated rings. The molecule has 0 saturated heterocycles. The summed E-state index contributed by atoms with van der Waals surface area (Å²) in [5.41, 5.74) is 0.898. The monoisotopic (exact) mass is 354 g/mol. The standard InChI is InChI=1S/C16H13Cl2FN2O2/c1-10(22)21(13-6-7-14(17)15(18)8-13)9-16(23)20-12-4-2-11(19)3-5-12/h2-8H,9H2,1H3,(H,20,23). The molecular weight excluding hydrogens is 342 g/mol. The summed E-state index contributed by atoms with van der Waals surface area (Å²) in [5, 5.41) is 3.23. The van der Waals surface area contributed by atoms with Crippen LogP contribution in [0.3, 0.4) is 0 Å². The van der Waals surface area contributed by atoms with Crippen molar-refractivity contribution in [2.24, 2.45) is 0 Å². The Morgan fingerprint density at radius 1 is 1.09 bits per heavy atom. The van der Waals surface area contributed by atoms with E-state index in [4.69, 9.17) is 23.2 Å². The highest BCUT2D eigenvalue weighted by molar-refractivity contribution is 6.42. The smallest absolute Gasteiger partial charge is 0.244 e. The van der Waals surface area contributed by atoms with E-state index in [0.717, 1.165) is 0 Å². The number of hydrogen-bond donors (Lipinski definition) is 1. The fourth-order valence-electron chi connectivity index (χ4n) is 1.91. The maximum Gasteiger partial charge on any atom is 0.244 e. The molecule has 0 bridgehead atoms. The van der Waals surface area contributed by atoms with Crippen LogP contribution in [0.5, 0.6) is 0 Å². The van der Waals surface area contributed by atoms with Gasteiger partial charge in [0.25, 0.3) is 0 Å². The topological polar surface area (TPSA) is 49.4 Å². The molecule has 0 aromatic heterocycles. The maximum absolute atomic E-state index is 12.8. The van der Waals surface area contributed by atoms with Crippen LogP contribution in [-0.2, 0) is 9.59 Å². The van der Waals surface area contributed by atoms with E-state index >= 15 is 0 Å². The molecule has 0 spiro atoms. The lowest BCUT2D eigenvalue weighted by molar-refractivity contribution is -0.120. The molecule has 2 amide bonds. The van der Waals surface area contributed by atoms with Gasteiger partial charge in [0.2, 0.25) is 11.8 Å². The third-order valence-electron chi connectivity index (χ3n) is 3.02. The Labute approximate surface area is 142 Å². The van der Waals surface area contributed by atoms with Gasteiger partial charge in [0.05, 0.1) is 10.0 Å². The van der Waals surface area contributed by atoms with Gasteiger partial charge < -0.3 is 10.2 Å². The minimum Gasteiger partial charge on any atom is -0.325 e. The van der Waals surface area contributed by atoms with Gasteiger partial charge in [-0.1, -0.05) is 23.2 Å². The molecule has 120 valence electrons. The van der Waals surface area contributed by atoms with Crippen molar-refractivity contribution in [1.29, 1.82) is 0 Å². The molecular formula is C16H13Cl2FN2O2. The molecule has 0 atom stereocenters. The van der Waals surface area contributed by atoms with Crippen LogP contribution in [0.4, 0.5) is 15.8 Å². The second-order valence-electron chi connectivity index (χ2n) is 4.76. The Morgan fingerprint density at radius 2 is 1.74 bits per heavy atom. The predicted octanol–water partition coefficient (Wildman–Crippen LogP) is 4.12. The minimum atomic E-state index is -0.419. The fraction of sp³-hybridized carbons (Fsp3) is 0.125. The van der Waals surface area contributed by atoms with E-state index < -0.39 is 11.7 Å². The van der Waals surface area contributed by atoms with Gasteiger partial charge in [-0.3, -0.25) is 9.59 Å². The Hall–Kier alpha value is -2.11. The van der Waals surface area contributed by atoms with Crippen LogP contribution in [0.15, 0.2) is 42.5 Å². The van der Waals surface area contributed by atoms with Crippen LogP contribution < -0.4 is 10.2 Å². The van der Waals surface area contributed by atoms with Crippen molar-refractivity contribution in [2.45, 2.75) is 6.92 Å². The highest BCUT2D eigenvalue weighted by Gasteiger charge is 2.17. The summed E-state index contributed by atoms with van der Waals surface area (Å²) in [6, 6.07) is 9.99. The first-order valence-corrected chi connectivity index (χ1v) is 7.41. The lowest BCUT2D eigenvalue weighted by Crippen LogP contribution is -2.36. The summed E-state index contributed by atoms with van der Waals surface area (Å²) in [6.45, 7) is 1.14. The zero-order valence-corrected chi connectivity index (χ0v) is 13.7. The van der Waals surface area contributed by atoms with Crippen LogP contribution in [0.1, 0.15) is 6.92 Å². The van der Waals surface area contributed by atoms with E-state index in [1.807, 2.05) is 0 Å². The van der Waals surface area contributed by atoms with Crippen molar-refractivity contribution >= 4 is 46.4 Å². The van der Waals surface area contributed by atoms with E-state index in [1.165, 1.54) is 42.2 Å². The third-order valence-corrected chi connectivity index (χ3v) is 3.76. The van der Waals surface area contributed by atoms with Gasteiger partial charge in [-0.05, 0) is 42.5 Å². The van der Waals surface area contributed by atoms with Gasteiger partial charge in [0.1, 0.15) is 12.4 Å². The highest BCUT2D eigenvalue weighted by Crippen LogP contribution is 2.27. The van der Waals surface area contributed by atoms with Crippen LogP contribution in [-0.4, -0.2) is 18.4 Å².